The fourth-order valence-electron chi connectivity index (χ4n) is 2.48. The van der Waals surface area contributed by atoms with Crippen molar-refractivity contribution in [3.05, 3.63) is 63.6 Å². The predicted octanol–water partition coefficient (Wildman–Crippen LogP) is 4.40. The lowest BCUT2D eigenvalue weighted by atomic mass is 10.1. The van der Waals surface area contributed by atoms with Crippen molar-refractivity contribution in [3.63, 3.8) is 0 Å². The molecule has 0 spiro atoms. The van der Waals surface area contributed by atoms with Gasteiger partial charge >= 0.3 is 5.97 Å². The number of carbonyl (C=O) groups is 1. The van der Waals surface area contributed by atoms with E-state index >= 15 is 0 Å². The van der Waals surface area contributed by atoms with E-state index in [1.807, 2.05) is 12.1 Å². The lowest BCUT2D eigenvalue weighted by Gasteiger charge is -2.26. The highest BCUT2D eigenvalue weighted by molar-refractivity contribution is 7.80. The summed E-state index contributed by atoms with van der Waals surface area (Å²) < 4.78 is 28.9. The first kappa shape index (κ1) is 20.7. The highest BCUT2D eigenvalue weighted by Gasteiger charge is 2.10. The molecule has 26 heavy (non-hydrogen) atoms. The quantitative estimate of drug-likeness (QED) is 0.364. The van der Waals surface area contributed by atoms with E-state index in [0.717, 1.165) is 12.0 Å². The molecule has 0 aliphatic heterocycles. The molecule has 2 aromatic carbocycles. The van der Waals surface area contributed by atoms with Gasteiger partial charge in [0, 0.05) is 23.5 Å². The van der Waals surface area contributed by atoms with Crippen LogP contribution in [0.15, 0.2) is 42.5 Å². The van der Waals surface area contributed by atoms with E-state index in [0.29, 0.717) is 40.7 Å². The number of methoxy groups -OCH3 is 1. The van der Waals surface area contributed by atoms with Crippen LogP contribution in [-0.2, 0) is 22.4 Å². The van der Waals surface area contributed by atoms with Crippen LogP contribution < -0.4 is 4.31 Å². The molecule has 0 radical (unpaired) electrons. The van der Waals surface area contributed by atoms with E-state index in [1.165, 1.54) is 23.5 Å². The first-order valence-corrected chi connectivity index (χ1v) is 9.71. The molecule has 0 aliphatic carbocycles. The predicted molar refractivity (Wildman–Crippen MR) is 103 cm³/mol. The third-order valence-electron chi connectivity index (χ3n) is 3.85. The molecular formula is C18H18Cl2NO4S-. The zero-order valence-corrected chi connectivity index (χ0v) is 16.4. The third kappa shape index (κ3) is 5.45. The van der Waals surface area contributed by atoms with Crippen molar-refractivity contribution >= 4 is 46.1 Å². The van der Waals surface area contributed by atoms with Gasteiger partial charge in [-0.25, -0.2) is 4.79 Å². The number of aryl methyl sites for hydroxylation is 1. The van der Waals surface area contributed by atoms with Crippen molar-refractivity contribution < 1.29 is 18.3 Å². The van der Waals surface area contributed by atoms with Gasteiger partial charge in [-0.1, -0.05) is 35.3 Å². The van der Waals surface area contributed by atoms with E-state index in [4.69, 9.17) is 23.2 Å². The molecule has 0 heterocycles. The molecule has 1 atom stereocenters. The topological polar surface area (TPSA) is 69.7 Å². The van der Waals surface area contributed by atoms with E-state index in [9.17, 15) is 13.6 Å². The molecule has 5 nitrogen and oxygen atoms in total. The van der Waals surface area contributed by atoms with Gasteiger partial charge in [0.15, 0.2) is 0 Å². The molecular weight excluding hydrogens is 397 g/mol. The Morgan fingerprint density at radius 2 is 1.85 bits per heavy atom. The van der Waals surface area contributed by atoms with Crippen molar-refractivity contribution in [1.82, 2.24) is 0 Å². The Morgan fingerprint density at radius 3 is 2.46 bits per heavy atom. The minimum Gasteiger partial charge on any atom is -0.755 e. The van der Waals surface area contributed by atoms with Gasteiger partial charge in [0.25, 0.3) is 0 Å². The van der Waals surface area contributed by atoms with Crippen molar-refractivity contribution in [2.24, 2.45) is 0 Å². The first-order valence-electron chi connectivity index (χ1n) is 7.92. The lowest BCUT2D eigenvalue weighted by Crippen LogP contribution is -2.26. The molecule has 8 heteroatoms. The van der Waals surface area contributed by atoms with Crippen molar-refractivity contribution in [2.75, 3.05) is 18.0 Å². The maximum absolute atomic E-state index is 11.5. The van der Waals surface area contributed by atoms with Gasteiger partial charge < -0.3 is 13.6 Å². The molecule has 0 aliphatic rings. The standard InChI is InChI=1S/C18H19Cl2NO4S/c1-25-18(22)14-8-10-15(11-9-14)21(26(23)24)12-3-2-5-13-6-4-7-16(19)17(13)20/h4,6-11H,2-3,5,12H2,1H3,(H,23,24)/p-1. The van der Waals surface area contributed by atoms with Gasteiger partial charge in [0.2, 0.25) is 0 Å². The minimum absolute atomic E-state index is 0.325. The Bertz CT molecular complexity index is 783. The highest BCUT2D eigenvalue weighted by atomic mass is 35.5. The van der Waals surface area contributed by atoms with Crippen LogP contribution in [0.4, 0.5) is 5.69 Å². The van der Waals surface area contributed by atoms with E-state index in [-0.39, 0.29) is 0 Å². The zero-order valence-electron chi connectivity index (χ0n) is 14.1. The van der Waals surface area contributed by atoms with Gasteiger partial charge in [-0.15, -0.1) is 0 Å². The van der Waals surface area contributed by atoms with Crippen LogP contribution in [0.5, 0.6) is 0 Å². The molecule has 140 valence electrons. The summed E-state index contributed by atoms with van der Waals surface area (Å²) in [4.78, 5) is 11.4. The summed E-state index contributed by atoms with van der Waals surface area (Å²) in [5.74, 6) is -0.468. The molecule has 2 aromatic rings. The summed E-state index contributed by atoms with van der Waals surface area (Å²) in [6.45, 7) is 0.325. The second kappa shape index (κ2) is 9.92. The fraction of sp³-hybridized carbons (Fsp3) is 0.278. The van der Waals surface area contributed by atoms with E-state index < -0.39 is 17.2 Å². The first-order chi connectivity index (χ1) is 12.4. The lowest BCUT2D eigenvalue weighted by molar-refractivity contribution is 0.0601. The number of hydrogen-bond donors (Lipinski definition) is 0. The van der Waals surface area contributed by atoms with Crippen molar-refractivity contribution in [1.29, 1.82) is 0 Å². The number of carbonyl (C=O) groups excluding carboxylic acids is 1. The number of unbranched alkanes of at least 4 members (excludes halogenated alkanes) is 1. The van der Waals surface area contributed by atoms with Crippen LogP contribution in [-0.4, -0.2) is 28.4 Å². The number of ether oxygens (including phenoxy) is 1. The number of nitrogens with zero attached hydrogens (tertiary/aromatic N) is 1. The molecule has 0 saturated heterocycles. The second-order valence-corrected chi connectivity index (χ2v) is 7.19. The van der Waals surface area contributed by atoms with E-state index in [1.54, 1.807) is 18.2 Å². The number of anilines is 1. The number of hydrogen-bond acceptors (Lipinski definition) is 4. The largest absolute Gasteiger partial charge is 0.755 e. The monoisotopic (exact) mass is 414 g/mol. The number of esters is 1. The van der Waals surface area contributed by atoms with Crippen LogP contribution in [0.1, 0.15) is 28.8 Å². The summed E-state index contributed by atoms with van der Waals surface area (Å²) in [7, 11) is 1.29. The summed E-state index contributed by atoms with van der Waals surface area (Å²) in [6.07, 6.45) is 2.11. The smallest absolute Gasteiger partial charge is 0.337 e. The molecule has 2 rings (SSSR count). The molecule has 0 aromatic heterocycles. The second-order valence-electron chi connectivity index (χ2n) is 5.53. The summed E-state index contributed by atoms with van der Waals surface area (Å²) in [5.41, 5.74) is 1.80. The molecule has 0 amide bonds. The number of benzene rings is 2. The maximum Gasteiger partial charge on any atom is 0.337 e. The number of rotatable bonds is 8. The average molecular weight is 415 g/mol. The van der Waals surface area contributed by atoms with Gasteiger partial charge in [0.05, 0.1) is 22.7 Å². The van der Waals surface area contributed by atoms with E-state index in [2.05, 4.69) is 4.74 Å². The van der Waals surface area contributed by atoms with Crippen LogP contribution in [0, 0.1) is 0 Å². The summed E-state index contributed by atoms with van der Waals surface area (Å²) in [6, 6.07) is 11.7. The van der Waals surface area contributed by atoms with Gasteiger partial charge in [-0.05, 0) is 55.2 Å². The maximum atomic E-state index is 11.5. The van der Waals surface area contributed by atoms with Gasteiger partial charge in [-0.2, -0.15) is 0 Å². The Morgan fingerprint density at radius 1 is 1.15 bits per heavy atom. The molecule has 0 bridgehead atoms. The average Bonchev–Trinajstić information content (AvgIpc) is 2.64. The molecule has 0 fully saturated rings. The van der Waals surface area contributed by atoms with Crippen LogP contribution in [0.3, 0.4) is 0 Å². The molecule has 1 unspecified atom stereocenters. The molecule has 0 N–H and O–H groups in total. The summed E-state index contributed by atoms with van der Waals surface area (Å²) >= 11 is 9.73. The highest BCUT2D eigenvalue weighted by Crippen LogP contribution is 2.27. The van der Waals surface area contributed by atoms with Crippen molar-refractivity contribution in [3.8, 4) is 0 Å². The van der Waals surface area contributed by atoms with Crippen LogP contribution in [0.25, 0.3) is 0 Å². The Hall–Kier alpha value is -1.60. The van der Waals surface area contributed by atoms with Gasteiger partial charge in [-0.3, -0.25) is 4.21 Å². The summed E-state index contributed by atoms with van der Waals surface area (Å²) in [5, 5.41) is 1.05. The minimum atomic E-state index is -2.41. The Labute approximate surface area is 165 Å². The van der Waals surface area contributed by atoms with Crippen LogP contribution >= 0.6 is 23.2 Å². The fourth-order valence-corrected chi connectivity index (χ4v) is 3.47. The number of halogens is 2. The Kier molecular flexibility index (Phi) is 7.90. The van der Waals surface area contributed by atoms with Crippen LogP contribution in [0.2, 0.25) is 10.0 Å². The SMILES string of the molecule is COC(=O)c1ccc(N(CCCCc2cccc(Cl)c2Cl)S(=O)[O-])cc1. The van der Waals surface area contributed by atoms with Crippen molar-refractivity contribution in [2.45, 2.75) is 19.3 Å². The van der Waals surface area contributed by atoms with Gasteiger partial charge in [0.1, 0.15) is 0 Å². The molecule has 0 saturated carbocycles. The zero-order chi connectivity index (χ0) is 19.1. The normalized spacial score (nSPS) is 11.8. The Balaban J connectivity index is 1.95. The third-order valence-corrected chi connectivity index (χ3v) is 5.46.